The summed E-state index contributed by atoms with van der Waals surface area (Å²) in [7, 11) is 1.60. The molecule has 174 valence electrons. The Hall–Kier alpha value is -2.44. The van der Waals surface area contributed by atoms with E-state index in [0.29, 0.717) is 31.3 Å². The maximum absolute atomic E-state index is 10.8. The average Bonchev–Trinajstić information content (AvgIpc) is 3.34. The molecule has 2 aliphatic rings. The minimum atomic E-state index is -0.0287. The number of carbonyl (C=O) groups excluding carboxylic acids is 1. The van der Waals surface area contributed by atoms with Crippen LogP contribution in [-0.2, 0) is 11.2 Å². The molecular weight excluding hydrogens is 428 g/mol. The molecule has 1 N–H and O–H groups in total. The maximum atomic E-state index is 10.8. The van der Waals surface area contributed by atoms with Crippen molar-refractivity contribution in [3.63, 3.8) is 0 Å². The van der Waals surface area contributed by atoms with Crippen LogP contribution in [0.5, 0.6) is 17.2 Å². The normalized spacial score (nSPS) is 14.9. The first kappa shape index (κ1) is 24.2. The molecule has 0 aromatic heterocycles. The van der Waals surface area contributed by atoms with Gasteiger partial charge in [-0.15, -0.1) is 0 Å². The monoisotopic (exact) mass is 460 g/mol. The zero-order chi connectivity index (χ0) is 22.6. The van der Waals surface area contributed by atoms with Crippen molar-refractivity contribution in [1.82, 2.24) is 10.2 Å². The second-order valence-electron chi connectivity index (χ2n) is 7.86. The fourth-order valence-electron chi connectivity index (χ4n) is 3.67. The molecule has 4 rings (SSSR count). The SMILES string of the molecule is CNC(=O)CCOc1ccc(Cl)cc1.c1cc2c(cc1CCCN1CCCC1)OCCO2. The molecule has 7 heteroatoms. The Balaban J connectivity index is 0.000000188. The molecule has 0 aliphatic carbocycles. The highest BCUT2D eigenvalue weighted by Crippen LogP contribution is 2.31. The van der Waals surface area contributed by atoms with Gasteiger partial charge in [0.1, 0.15) is 19.0 Å². The summed E-state index contributed by atoms with van der Waals surface area (Å²) in [5.41, 5.74) is 1.36. The van der Waals surface area contributed by atoms with Crippen LogP contribution in [0.25, 0.3) is 0 Å². The highest BCUT2D eigenvalue weighted by atomic mass is 35.5. The average molecular weight is 461 g/mol. The number of fused-ring (bicyclic) bond motifs is 1. The summed E-state index contributed by atoms with van der Waals surface area (Å²) in [5.74, 6) is 2.50. The highest BCUT2D eigenvalue weighted by Gasteiger charge is 2.13. The van der Waals surface area contributed by atoms with Crippen LogP contribution in [0.3, 0.4) is 0 Å². The summed E-state index contributed by atoms with van der Waals surface area (Å²) < 4.78 is 16.5. The Bertz CT molecular complexity index is 838. The predicted octanol–water partition coefficient (Wildman–Crippen LogP) is 4.34. The van der Waals surface area contributed by atoms with Gasteiger partial charge in [-0.3, -0.25) is 4.79 Å². The molecule has 6 nitrogen and oxygen atoms in total. The number of ether oxygens (including phenoxy) is 3. The number of aryl methyl sites for hydroxylation is 1. The van der Waals surface area contributed by atoms with Crippen LogP contribution in [-0.4, -0.2) is 57.3 Å². The zero-order valence-electron chi connectivity index (χ0n) is 18.8. The lowest BCUT2D eigenvalue weighted by Crippen LogP contribution is -2.20. The molecule has 0 bridgehead atoms. The van der Waals surface area contributed by atoms with Crippen LogP contribution in [0.15, 0.2) is 42.5 Å². The third-order valence-corrected chi connectivity index (χ3v) is 5.69. The topological polar surface area (TPSA) is 60.0 Å². The van der Waals surface area contributed by atoms with Crippen LogP contribution in [0.2, 0.25) is 5.02 Å². The van der Waals surface area contributed by atoms with Crippen LogP contribution in [0.1, 0.15) is 31.2 Å². The van der Waals surface area contributed by atoms with E-state index in [-0.39, 0.29) is 5.91 Å². The number of benzene rings is 2. The Morgan fingerprint density at radius 2 is 1.78 bits per heavy atom. The number of nitrogens with zero attached hydrogens (tertiary/aromatic N) is 1. The molecule has 2 aromatic carbocycles. The van der Waals surface area contributed by atoms with E-state index in [1.807, 2.05) is 6.07 Å². The van der Waals surface area contributed by atoms with E-state index in [1.165, 1.54) is 44.5 Å². The fraction of sp³-hybridized carbons (Fsp3) is 0.480. The van der Waals surface area contributed by atoms with Gasteiger partial charge in [0.15, 0.2) is 11.5 Å². The molecule has 0 atom stereocenters. The number of nitrogens with one attached hydrogen (secondary N) is 1. The van der Waals surface area contributed by atoms with Gasteiger partial charge in [-0.2, -0.15) is 0 Å². The van der Waals surface area contributed by atoms with Crippen molar-refractivity contribution >= 4 is 17.5 Å². The first-order chi connectivity index (χ1) is 15.6. The molecule has 1 fully saturated rings. The summed E-state index contributed by atoms with van der Waals surface area (Å²) in [6, 6.07) is 13.4. The summed E-state index contributed by atoms with van der Waals surface area (Å²) in [4.78, 5) is 13.4. The highest BCUT2D eigenvalue weighted by molar-refractivity contribution is 6.30. The van der Waals surface area contributed by atoms with E-state index < -0.39 is 0 Å². The largest absolute Gasteiger partial charge is 0.493 e. The quantitative estimate of drug-likeness (QED) is 0.635. The molecule has 1 amide bonds. The third kappa shape index (κ3) is 8.24. The molecule has 0 spiro atoms. The summed E-state index contributed by atoms with van der Waals surface area (Å²) in [5, 5.41) is 3.19. The predicted molar refractivity (Wildman–Crippen MR) is 127 cm³/mol. The fourth-order valence-corrected chi connectivity index (χ4v) is 3.80. The second kappa shape index (κ2) is 13.2. The van der Waals surface area contributed by atoms with Gasteiger partial charge in [-0.25, -0.2) is 0 Å². The van der Waals surface area contributed by atoms with Crippen molar-refractivity contribution in [2.75, 3.05) is 46.5 Å². The Kier molecular flexibility index (Phi) is 9.98. The number of likely N-dealkylation sites (tertiary alicyclic amines) is 1. The minimum absolute atomic E-state index is 0.0287. The van der Waals surface area contributed by atoms with Gasteiger partial charge in [0.25, 0.3) is 0 Å². The molecule has 0 saturated carbocycles. The van der Waals surface area contributed by atoms with Gasteiger partial charge in [0.2, 0.25) is 5.91 Å². The van der Waals surface area contributed by atoms with Crippen molar-refractivity contribution in [2.24, 2.45) is 0 Å². The lowest BCUT2D eigenvalue weighted by atomic mass is 10.1. The summed E-state index contributed by atoms with van der Waals surface area (Å²) >= 11 is 5.70. The van der Waals surface area contributed by atoms with E-state index in [9.17, 15) is 4.79 Å². The molecule has 32 heavy (non-hydrogen) atoms. The molecular formula is C25H33ClN2O4. The first-order valence-electron chi connectivity index (χ1n) is 11.3. The van der Waals surface area contributed by atoms with Crippen molar-refractivity contribution in [3.05, 3.63) is 53.1 Å². The van der Waals surface area contributed by atoms with Crippen molar-refractivity contribution in [1.29, 1.82) is 0 Å². The number of halogens is 1. The van der Waals surface area contributed by atoms with Crippen molar-refractivity contribution in [2.45, 2.75) is 32.1 Å². The molecule has 0 radical (unpaired) electrons. The van der Waals surface area contributed by atoms with Gasteiger partial charge >= 0.3 is 0 Å². The molecule has 2 aromatic rings. The molecule has 1 saturated heterocycles. The maximum Gasteiger partial charge on any atom is 0.223 e. The van der Waals surface area contributed by atoms with Crippen molar-refractivity contribution in [3.8, 4) is 17.2 Å². The standard InChI is InChI=1S/C15H21NO2.C10H12ClNO2/c1-2-8-16(7-1)9-3-4-13-5-6-14-15(12-13)18-11-10-17-14;1-12-10(13)6-7-14-9-4-2-8(11)3-5-9/h5-6,12H,1-4,7-11H2;2-5H,6-7H2,1H3,(H,12,13). The second-order valence-corrected chi connectivity index (χ2v) is 8.29. The summed E-state index contributed by atoms with van der Waals surface area (Å²) in [6.07, 6.45) is 5.49. The Morgan fingerprint density at radius 1 is 1.06 bits per heavy atom. The first-order valence-corrected chi connectivity index (χ1v) is 11.7. The molecule has 2 heterocycles. The minimum Gasteiger partial charge on any atom is -0.493 e. The Morgan fingerprint density at radius 3 is 2.50 bits per heavy atom. The Labute approximate surface area is 195 Å². The van der Waals surface area contributed by atoms with Crippen LogP contribution in [0.4, 0.5) is 0 Å². The van der Waals surface area contributed by atoms with Crippen LogP contribution in [0, 0.1) is 0 Å². The van der Waals surface area contributed by atoms with E-state index in [4.69, 9.17) is 25.8 Å². The molecule has 2 aliphatic heterocycles. The van der Waals surface area contributed by atoms with E-state index in [1.54, 1.807) is 31.3 Å². The summed E-state index contributed by atoms with van der Waals surface area (Å²) in [6.45, 7) is 5.53. The van der Waals surface area contributed by atoms with E-state index >= 15 is 0 Å². The van der Waals surface area contributed by atoms with Crippen LogP contribution >= 0.6 is 11.6 Å². The molecule has 0 unspecified atom stereocenters. The smallest absolute Gasteiger partial charge is 0.223 e. The number of hydrogen-bond acceptors (Lipinski definition) is 5. The van der Waals surface area contributed by atoms with Gasteiger partial charge in [-0.05, 0) is 87.3 Å². The van der Waals surface area contributed by atoms with E-state index in [2.05, 4.69) is 22.3 Å². The van der Waals surface area contributed by atoms with Gasteiger partial charge in [0.05, 0.1) is 13.0 Å². The van der Waals surface area contributed by atoms with Crippen LogP contribution < -0.4 is 19.5 Å². The zero-order valence-corrected chi connectivity index (χ0v) is 19.5. The number of rotatable bonds is 8. The lowest BCUT2D eigenvalue weighted by molar-refractivity contribution is -0.121. The number of hydrogen-bond donors (Lipinski definition) is 1. The lowest BCUT2D eigenvalue weighted by Gasteiger charge is -2.19. The van der Waals surface area contributed by atoms with Gasteiger partial charge < -0.3 is 24.4 Å². The number of amides is 1. The van der Waals surface area contributed by atoms with Gasteiger partial charge in [0, 0.05) is 12.1 Å². The van der Waals surface area contributed by atoms with Gasteiger partial charge in [-0.1, -0.05) is 17.7 Å². The van der Waals surface area contributed by atoms with Crippen molar-refractivity contribution < 1.29 is 19.0 Å². The van der Waals surface area contributed by atoms with E-state index in [0.717, 1.165) is 23.7 Å². The third-order valence-electron chi connectivity index (χ3n) is 5.44. The number of carbonyl (C=O) groups is 1.